The lowest BCUT2D eigenvalue weighted by Crippen LogP contribution is -2.59. The minimum Gasteiger partial charge on any atom is -0.385 e. The number of amides is 3. The predicted molar refractivity (Wildman–Crippen MR) is 149 cm³/mol. The fourth-order valence-corrected chi connectivity index (χ4v) is 5.68. The zero-order valence-corrected chi connectivity index (χ0v) is 21.3. The lowest BCUT2D eigenvalue weighted by Gasteiger charge is -2.36. The first-order chi connectivity index (χ1) is 18.9. The Hall–Kier alpha value is -5.12. The molecule has 3 aromatic carbocycles. The largest absolute Gasteiger partial charge is 0.385 e. The second-order valence-electron chi connectivity index (χ2n) is 9.61. The van der Waals surface area contributed by atoms with Gasteiger partial charge in [-0.05, 0) is 50.2 Å². The highest BCUT2D eigenvalue weighted by Crippen LogP contribution is 2.50. The SMILES string of the molecule is CC1=NN(c2ccccc2)C(=O)C1C1(C2C(=O)N(c3ccccc3)N=C2N)C(=O)N(c2ccccc2)N=C1C. The smallest absolute Gasteiger partial charge is 0.261 e. The van der Waals surface area contributed by atoms with E-state index in [9.17, 15) is 14.4 Å². The molecule has 2 N–H and O–H groups in total. The summed E-state index contributed by atoms with van der Waals surface area (Å²) in [6.07, 6.45) is 0. The molecule has 0 bridgehead atoms. The Morgan fingerprint density at radius 1 is 0.615 bits per heavy atom. The molecule has 10 heteroatoms. The van der Waals surface area contributed by atoms with E-state index in [0.29, 0.717) is 22.8 Å². The maximum atomic E-state index is 14.6. The van der Waals surface area contributed by atoms with E-state index in [0.717, 1.165) is 0 Å². The van der Waals surface area contributed by atoms with E-state index in [1.165, 1.54) is 15.0 Å². The summed E-state index contributed by atoms with van der Waals surface area (Å²) in [5, 5.41) is 17.2. The Bertz CT molecular complexity index is 1490. The quantitative estimate of drug-likeness (QED) is 0.555. The minimum atomic E-state index is -1.78. The summed E-state index contributed by atoms with van der Waals surface area (Å²) in [6.45, 7) is 3.33. The average molecular weight is 520 g/mol. The molecule has 0 saturated heterocycles. The van der Waals surface area contributed by atoms with E-state index in [2.05, 4.69) is 15.3 Å². The Labute approximate surface area is 224 Å². The number of carbonyl (C=O) groups is 3. The third-order valence-electron chi connectivity index (χ3n) is 7.41. The van der Waals surface area contributed by atoms with Crippen molar-refractivity contribution in [3.63, 3.8) is 0 Å². The second kappa shape index (κ2) is 9.02. The van der Waals surface area contributed by atoms with Gasteiger partial charge in [-0.2, -0.15) is 25.3 Å². The van der Waals surface area contributed by atoms with Crippen molar-refractivity contribution in [1.82, 2.24) is 0 Å². The molecular formula is C29H25N7O3. The fraction of sp³-hybridized carbons (Fsp3) is 0.172. The van der Waals surface area contributed by atoms with Gasteiger partial charge in [0, 0.05) is 5.71 Å². The number of hydrogen-bond acceptors (Lipinski definition) is 7. The van der Waals surface area contributed by atoms with Crippen LogP contribution in [0.4, 0.5) is 17.1 Å². The zero-order valence-electron chi connectivity index (χ0n) is 21.3. The van der Waals surface area contributed by atoms with Gasteiger partial charge in [-0.1, -0.05) is 54.6 Å². The van der Waals surface area contributed by atoms with E-state index in [4.69, 9.17) is 5.73 Å². The number of nitrogens with two attached hydrogens (primary N) is 1. The molecule has 3 aliphatic rings. The molecule has 3 atom stereocenters. The monoisotopic (exact) mass is 519 g/mol. The van der Waals surface area contributed by atoms with Gasteiger partial charge in [0.15, 0.2) is 0 Å². The summed E-state index contributed by atoms with van der Waals surface area (Å²) in [7, 11) is 0. The lowest BCUT2D eigenvalue weighted by molar-refractivity contribution is -0.136. The average Bonchev–Trinajstić information content (AvgIpc) is 3.53. The number of hydrazone groups is 3. The molecule has 0 saturated carbocycles. The van der Waals surface area contributed by atoms with E-state index in [1.54, 1.807) is 86.6 Å². The number of hydrogen-bond donors (Lipinski definition) is 1. The molecule has 3 amide bonds. The van der Waals surface area contributed by atoms with Crippen LogP contribution >= 0.6 is 0 Å². The molecular weight excluding hydrogens is 494 g/mol. The van der Waals surface area contributed by atoms with Crippen LogP contribution in [0, 0.1) is 17.3 Å². The number of rotatable bonds is 5. The minimum absolute atomic E-state index is 0.0691. The van der Waals surface area contributed by atoms with Gasteiger partial charge in [0.05, 0.1) is 22.8 Å². The molecule has 0 fully saturated rings. The highest BCUT2D eigenvalue weighted by Gasteiger charge is 2.69. The molecule has 39 heavy (non-hydrogen) atoms. The van der Waals surface area contributed by atoms with Gasteiger partial charge in [-0.25, -0.2) is 5.01 Å². The lowest BCUT2D eigenvalue weighted by atomic mass is 9.61. The van der Waals surface area contributed by atoms with Crippen molar-refractivity contribution in [2.75, 3.05) is 15.0 Å². The number of benzene rings is 3. The van der Waals surface area contributed by atoms with Crippen LogP contribution in [-0.4, -0.2) is 35.0 Å². The molecule has 3 unspecified atom stereocenters. The van der Waals surface area contributed by atoms with Crippen LogP contribution in [0.2, 0.25) is 0 Å². The molecule has 3 aliphatic heterocycles. The van der Waals surface area contributed by atoms with Gasteiger partial charge in [0.1, 0.15) is 23.1 Å². The van der Waals surface area contributed by atoms with Gasteiger partial charge in [-0.15, -0.1) is 0 Å². The van der Waals surface area contributed by atoms with Gasteiger partial charge in [-0.3, -0.25) is 14.4 Å². The summed E-state index contributed by atoms with van der Waals surface area (Å²) >= 11 is 0. The standard InChI is InChI=1S/C29H25N7O3/c1-18-23(26(37)34(31-18)20-12-6-3-7-13-20)29(19(2)32-36(28(29)39)22-16-10-5-11-17-22)24-25(30)33-35(27(24)38)21-14-8-4-9-15-21/h3-17,23-24H,1-2H3,(H2,30,33). The highest BCUT2D eigenvalue weighted by molar-refractivity contribution is 6.33. The van der Waals surface area contributed by atoms with Crippen molar-refractivity contribution in [1.29, 1.82) is 0 Å². The molecule has 3 aromatic rings. The van der Waals surface area contributed by atoms with E-state index >= 15 is 0 Å². The Morgan fingerprint density at radius 2 is 1.05 bits per heavy atom. The van der Waals surface area contributed by atoms with Gasteiger partial charge in [0.25, 0.3) is 17.7 Å². The van der Waals surface area contributed by atoms with Crippen LogP contribution in [0.25, 0.3) is 0 Å². The second-order valence-corrected chi connectivity index (χ2v) is 9.61. The number of nitrogens with zero attached hydrogens (tertiary/aromatic N) is 6. The van der Waals surface area contributed by atoms with E-state index < -0.39 is 35.0 Å². The number of carbonyl (C=O) groups excluding carboxylic acids is 3. The van der Waals surface area contributed by atoms with Crippen LogP contribution < -0.4 is 20.8 Å². The molecule has 10 nitrogen and oxygen atoms in total. The summed E-state index contributed by atoms with van der Waals surface area (Å²) in [4.78, 5) is 42.8. The molecule has 0 aliphatic carbocycles. The maximum absolute atomic E-state index is 14.6. The molecule has 3 heterocycles. The summed E-state index contributed by atoms with van der Waals surface area (Å²) < 4.78 is 0. The molecule has 194 valence electrons. The van der Waals surface area contributed by atoms with Crippen LogP contribution in [0.15, 0.2) is 106 Å². The van der Waals surface area contributed by atoms with Crippen molar-refractivity contribution < 1.29 is 14.4 Å². The van der Waals surface area contributed by atoms with E-state index in [1.807, 2.05) is 18.2 Å². The summed E-state index contributed by atoms with van der Waals surface area (Å²) in [5.41, 5.74) is 6.90. The first-order valence-corrected chi connectivity index (χ1v) is 12.5. The van der Waals surface area contributed by atoms with Crippen LogP contribution in [0.3, 0.4) is 0 Å². The van der Waals surface area contributed by atoms with Crippen LogP contribution in [0.1, 0.15) is 13.8 Å². The van der Waals surface area contributed by atoms with Crippen LogP contribution in [0.5, 0.6) is 0 Å². The predicted octanol–water partition coefficient (Wildman–Crippen LogP) is 3.37. The van der Waals surface area contributed by atoms with Crippen molar-refractivity contribution in [2.45, 2.75) is 13.8 Å². The third kappa shape index (κ3) is 3.48. The van der Waals surface area contributed by atoms with Gasteiger partial charge in [0.2, 0.25) is 0 Å². The molecule has 0 aromatic heterocycles. The first kappa shape index (κ1) is 24.2. The van der Waals surface area contributed by atoms with Crippen molar-refractivity contribution in [3.8, 4) is 0 Å². The summed E-state index contributed by atoms with van der Waals surface area (Å²) in [5.74, 6) is -4.00. The van der Waals surface area contributed by atoms with Crippen molar-refractivity contribution >= 4 is 52.0 Å². The van der Waals surface area contributed by atoms with Gasteiger partial charge >= 0.3 is 0 Å². The Morgan fingerprint density at radius 3 is 1.56 bits per heavy atom. The third-order valence-corrected chi connectivity index (χ3v) is 7.41. The molecule has 0 radical (unpaired) electrons. The van der Waals surface area contributed by atoms with Crippen molar-refractivity contribution in [2.24, 2.45) is 38.3 Å². The van der Waals surface area contributed by atoms with Crippen LogP contribution in [-0.2, 0) is 14.4 Å². The first-order valence-electron chi connectivity index (χ1n) is 12.5. The topological polar surface area (TPSA) is 124 Å². The fourth-order valence-electron chi connectivity index (χ4n) is 5.68. The number of para-hydroxylation sites is 3. The Kier molecular flexibility index (Phi) is 5.60. The highest BCUT2D eigenvalue weighted by atomic mass is 16.2. The van der Waals surface area contributed by atoms with E-state index in [-0.39, 0.29) is 11.5 Å². The van der Waals surface area contributed by atoms with Gasteiger partial charge < -0.3 is 5.73 Å². The Balaban J connectivity index is 1.51. The maximum Gasteiger partial charge on any atom is 0.261 e. The molecule has 6 rings (SSSR count). The molecule has 0 spiro atoms. The zero-order chi connectivity index (χ0) is 27.3. The van der Waals surface area contributed by atoms with Crippen molar-refractivity contribution in [3.05, 3.63) is 91.0 Å². The number of amidine groups is 1. The number of anilines is 3. The summed E-state index contributed by atoms with van der Waals surface area (Å²) in [6, 6.07) is 26.6. The normalized spacial score (nSPS) is 24.8.